The van der Waals surface area contributed by atoms with Crippen molar-refractivity contribution in [3.63, 3.8) is 0 Å². The van der Waals surface area contributed by atoms with E-state index >= 15 is 0 Å². The molecule has 0 fully saturated rings. The van der Waals surface area contributed by atoms with Gasteiger partial charge in [-0.25, -0.2) is 4.98 Å². The van der Waals surface area contributed by atoms with Gasteiger partial charge in [-0.3, -0.25) is 4.79 Å². The third kappa shape index (κ3) is 2.98. The van der Waals surface area contributed by atoms with E-state index in [0.717, 1.165) is 11.1 Å². The molecule has 4 nitrogen and oxygen atoms in total. The largest absolute Gasteiger partial charge is 0.322 e. The number of carbonyl (C=O) groups is 1. The second kappa shape index (κ2) is 5.61. The number of aromatic nitrogens is 1. The predicted molar refractivity (Wildman–Crippen MR) is 80.6 cm³/mol. The number of nitrogens with two attached hydrogens (primary N) is 1. The predicted octanol–water partition coefficient (Wildman–Crippen LogP) is 2.86. The lowest BCUT2D eigenvalue weighted by atomic mass is 9.92. The summed E-state index contributed by atoms with van der Waals surface area (Å²) >= 11 is 5.97. The van der Waals surface area contributed by atoms with Crippen LogP contribution < -0.4 is 11.1 Å². The summed E-state index contributed by atoms with van der Waals surface area (Å²) in [5, 5.41) is 2.97. The van der Waals surface area contributed by atoms with E-state index in [1.165, 1.54) is 0 Å². The van der Waals surface area contributed by atoms with Crippen LogP contribution in [0.15, 0.2) is 42.6 Å². The van der Waals surface area contributed by atoms with Crippen molar-refractivity contribution in [1.82, 2.24) is 4.98 Å². The first-order valence-electron chi connectivity index (χ1n) is 6.19. The van der Waals surface area contributed by atoms with Crippen LogP contribution in [0, 0.1) is 6.92 Å². The topological polar surface area (TPSA) is 68.0 Å². The summed E-state index contributed by atoms with van der Waals surface area (Å²) in [6, 6.07) is 10.9. The van der Waals surface area contributed by atoms with Gasteiger partial charge in [-0.1, -0.05) is 41.9 Å². The van der Waals surface area contributed by atoms with E-state index in [-0.39, 0.29) is 11.1 Å². The minimum atomic E-state index is -1.14. The molecule has 0 spiro atoms. The average Bonchev–Trinajstić information content (AvgIpc) is 2.43. The molecule has 0 aliphatic carbocycles. The second-order valence-electron chi connectivity index (χ2n) is 4.87. The molecule has 0 saturated heterocycles. The monoisotopic (exact) mass is 289 g/mol. The van der Waals surface area contributed by atoms with Gasteiger partial charge in [-0.05, 0) is 31.0 Å². The fourth-order valence-corrected chi connectivity index (χ4v) is 1.96. The van der Waals surface area contributed by atoms with Crippen LogP contribution in [0.3, 0.4) is 0 Å². The summed E-state index contributed by atoms with van der Waals surface area (Å²) in [5.74, 6) is -0.335. The van der Waals surface area contributed by atoms with E-state index in [4.69, 9.17) is 17.3 Å². The molecule has 1 heterocycles. The Morgan fingerprint density at radius 1 is 1.35 bits per heavy atom. The number of pyridine rings is 1. The Bertz CT molecular complexity index is 626. The van der Waals surface area contributed by atoms with Crippen molar-refractivity contribution in [2.75, 3.05) is 5.32 Å². The van der Waals surface area contributed by atoms with Crippen molar-refractivity contribution in [2.24, 2.45) is 5.73 Å². The first kappa shape index (κ1) is 14.5. The molecule has 2 aromatic rings. The van der Waals surface area contributed by atoms with Crippen LogP contribution in [0.5, 0.6) is 0 Å². The van der Waals surface area contributed by atoms with Crippen LogP contribution in [0.4, 0.5) is 5.69 Å². The maximum absolute atomic E-state index is 12.4. The van der Waals surface area contributed by atoms with Crippen molar-refractivity contribution in [3.05, 3.63) is 58.9 Å². The molecule has 0 bridgehead atoms. The van der Waals surface area contributed by atoms with Gasteiger partial charge in [0.05, 0.1) is 5.69 Å². The number of carbonyl (C=O) groups excluding carboxylic acids is 1. The van der Waals surface area contributed by atoms with Crippen LogP contribution in [-0.4, -0.2) is 10.9 Å². The number of amides is 1. The summed E-state index contributed by atoms with van der Waals surface area (Å²) in [4.78, 5) is 16.4. The van der Waals surface area contributed by atoms with Crippen molar-refractivity contribution >= 4 is 23.2 Å². The van der Waals surface area contributed by atoms with Gasteiger partial charge in [0.2, 0.25) is 5.91 Å². The summed E-state index contributed by atoms with van der Waals surface area (Å²) < 4.78 is 0. The zero-order chi connectivity index (χ0) is 14.8. The standard InChI is InChI=1S/C15H16ClN3O/c1-10-8-12(13(16)18-9-10)19-14(20)15(2,17)11-6-4-3-5-7-11/h3-9H,17H2,1-2H3,(H,19,20). The number of nitrogens with zero attached hydrogens (tertiary/aromatic N) is 1. The first-order valence-corrected chi connectivity index (χ1v) is 6.57. The summed E-state index contributed by atoms with van der Waals surface area (Å²) in [7, 11) is 0. The normalized spacial score (nSPS) is 13.6. The van der Waals surface area contributed by atoms with E-state index in [9.17, 15) is 4.79 Å². The second-order valence-corrected chi connectivity index (χ2v) is 5.23. The number of hydrogen-bond acceptors (Lipinski definition) is 3. The van der Waals surface area contributed by atoms with Gasteiger partial charge in [0, 0.05) is 6.20 Å². The highest BCUT2D eigenvalue weighted by Crippen LogP contribution is 2.24. The molecule has 3 N–H and O–H groups in total. The molecule has 0 aliphatic heterocycles. The zero-order valence-corrected chi connectivity index (χ0v) is 12.1. The Morgan fingerprint density at radius 3 is 2.65 bits per heavy atom. The Hall–Kier alpha value is -1.91. The van der Waals surface area contributed by atoms with Gasteiger partial charge in [0.1, 0.15) is 5.54 Å². The molecule has 5 heteroatoms. The number of benzene rings is 1. The third-order valence-electron chi connectivity index (χ3n) is 3.07. The molecule has 20 heavy (non-hydrogen) atoms. The summed E-state index contributed by atoms with van der Waals surface area (Å²) in [6.07, 6.45) is 1.64. The van der Waals surface area contributed by atoms with E-state index in [0.29, 0.717) is 5.69 Å². The van der Waals surface area contributed by atoms with E-state index in [1.54, 1.807) is 19.2 Å². The molecular formula is C15H16ClN3O. The minimum Gasteiger partial charge on any atom is -0.322 e. The Morgan fingerprint density at radius 2 is 2.00 bits per heavy atom. The maximum atomic E-state index is 12.4. The van der Waals surface area contributed by atoms with Gasteiger partial charge in [-0.15, -0.1) is 0 Å². The van der Waals surface area contributed by atoms with E-state index < -0.39 is 5.54 Å². The molecule has 1 aromatic heterocycles. The highest BCUT2D eigenvalue weighted by Gasteiger charge is 2.30. The Balaban J connectivity index is 2.26. The van der Waals surface area contributed by atoms with Gasteiger partial charge >= 0.3 is 0 Å². The first-order chi connectivity index (χ1) is 9.41. The van der Waals surface area contributed by atoms with E-state index in [1.807, 2.05) is 37.3 Å². The van der Waals surface area contributed by atoms with Crippen LogP contribution >= 0.6 is 11.6 Å². The molecule has 104 valence electrons. The SMILES string of the molecule is Cc1cnc(Cl)c(NC(=O)C(C)(N)c2ccccc2)c1. The van der Waals surface area contributed by atoms with Gasteiger partial charge < -0.3 is 11.1 Å². The molecule has 1 atom stereocenters. The van der Waals surface area contributed by atoms with E-state index in [2.05, 4.69) is 10.3 Å². The number of hydrogen-bond donors (Lipinski definition) is 2. The Labute approximate surface area is 123 Å². The zero-order valence-electron chi connectivity index (χ0n) is 11.4. The molecule has 1 amide bonds. The Kier molecular flexibility index (Phi) is 4.06. The average molecular weight is 290 g/mol. The van der Waals surface area contributed by atoms with Crippen molar-refractivity contribution < 1.29 is 4.79 Å². The van der Waals surface area contributed by atoms with Crippen LogP contribution in [-0.2, 0) is 10.3 Å². The van der Waals surface area contributed by atoms with Crippen molar-refractivity contribution in [1.29, 1.82) is 0 Å². The van der Waals surface area contributed by atoms with Crippen LogP contribution in [0.1, 0.15) is 18.1 Å². The van der Waals surface area contributed by atoms with Gasteiger partial charge in [0.25, 0.3) is 0 Å². The molecule has 0 radical (unpaired) electrons. The lowest BCUT2D eigenvalue weighted by Crippen LogP contribution is -2.45. The lowest BCUT2D eigenvalue weighted by molar-refractivity contribution is -0.120. The number of rotatable bonds is 3. The summed E-state index contributed by atoms with van der Waals surface area (Å²) in [5.41, 5.74) is 7.10. The number of anilines is 1. The number of halogens is 1. The van der Waals surface area contributed by atoms with Gasteiger partial charge in [-0.2, -0.15) is 0 Å². The highest BCUT2D eigenvalue weighted by molar-refractivity contribution is 6.32. The molecule has 0 aliphatic rings. The maximum Gasteiger partial charge on any atom is 0.248 e. The molecule has 0 saturated carbocycles. The fourth-order valence-electron chi connectivity index (χ4n) is 1.81. The molecule has 1 aromatic carbocycles. The smallest absolute Gasteiger partial charge is 0.248 e. The highest BCUT2D eigenvalue weighted by atomic mass is 35.5. The number of aryl methyl sites for hydroxylation is 1. The fraction of sp³-hybridized carbons (Fsp3) is 0.200. The van der Waals surface area contributed by atoms with Crippen molar-refractivity contribution in [2.45, 2.75) is 19.4 Å². The minimum absolute atomic E-state index is 0.243. The molecule has 2 rings (SSSR count). The molecular weight excluding hydrogens is 274 g/mol. The number of nitrogens with one attached hydrogen (secondary N) is 1. The third-order valence-corrected chi connectivity index (χ3v) is 3.37. The quantitative estimate of drug-likeness (QED) is 0.854. The molecule has 1 unspecified atom stereocenters. The lowest BCUT2D eigenvalue weighted by Gasteiger charge is -2.24. The van der Waals surface area contributed by atoms with Crippen LogP contribution in [0.25, 0.3) is 0 Å². The van der Waals surface area contributed by atoms with Crippen LogP contribution in [0.2, 0.25) is 5.15 Å². The van der Waals surface area contributed by atoms with Gasteiger partial charge in [0.15, 0.2) is 5.15 Å². The van der Waals surface area contributed by atoms with Crippen molar-refractivity contribution in [3.8, 4) is 0 Å². The summed E-state index contributed by atoms with van der Waals surface area (Å²) in [6.45, 7) is 3.53.